The molecular weight excluding hydrogens is 238 g/mol. The molecule has 0 fully saturated rings. The van der Waals surface area contributed by atoms with Gasteiger partial charge in [-0.1, -0.05) is 13.8 Å². The fourth-order valence-electron chi connectivity index (χ4n) is 1.40. The summed E-state index contributed by atoms with van der Waals surface area (Å²) >= 11 is 1.47. The zero-order chi connectivity index (χ0) is 13.0. The van der Waals surface area contributed by atoms with Crippen LogP contribution < -0.4 is 5.32 Å². The number of hydrogen-bond donors (Lipinski definition) is 2. The molecule has 0 spiro atoms. The van der Waals surface area contributed by atoms with Crippen molar-refractivity contribution >= 4 is 23.2 Å². The van der Waals surface area contributed by atoms with Gasteiger partial charge in [-0.25, -0.2) is 0 Å². The van der Waals surface area contributed by atoms with E-state index in [4.69, 9.17) is 5.11 Å². The zero-order valence-corrected chi connectivity index (χ0v) is 11.1. The van der Waals surface area contributed by atoms with Crippen LogP contribution in [0.3, 0.4) is 0 Å². The first-order chi connectivity index (χ1) is 7.95. The van der Waals surface area contributed by atoms with E-state index in [2.05, 4.69) is 5.32 Å². The van der Waals surface area contributed by atoms with Crippen LogP contribution in [0.4, 0.5) is 0 Å². The van der Waals surface area contributed by atoms with E-state index in [1.807, 2.05) is 19.9 Å². The summed E-state index contributed by atoms with van der Waals surface area (Å²) in [6.45, 7) is 5.76. The van der Waals surface area contributed by atoms with Crippen molar-refractivity contribution in [2.45, 2.75) is 27.2 Å². The van der Waals surface area contributed by atoms with E-state index >= 15 is 0 Å². The number of carboxylic acids is 1. The van der Waals surface area contributed by atoms with E-state index in [-0.39, 0.29) is 12.5 Å². The largest absolute Gasteiger partial charge is 0.481 e. The molecule has 1 unspecified atom stereocenters. The first kappa shape index (κ1) is 13.7. The molecule has 4 nitrogen and oxygen atoms in total. The summed E-state index contributed by atoms with van der Waals surface area (Å²) in [5, 5.41) is 11.3. The zero-order valence-electron chi connectivity index (χ0n) is 10.2. The van der Waals surface area contributed by atoms with Gasteiger partial charge in [0.25, 0.3) is 5.91 Å². The van der Waals surface area contributed by atoms with Crippen molar-refractivity contribution in [2.24, 2.45) is 5.92 Å². The third kappa shape index (κ3) is 3.56. The van der Waals surface area contributed by atoms with Gasteiger partial charge in [0.05, 0.1) is 10.8 Å². The van der Waals surface area contributed by atoms with Gasteiger partial charge in [-0.3, -0.25) is 9.59 Å². The smallest absolute Gasteiger partial charge is 0.308 e. The van der Waals surface area contributed by atoms with E-state index in [1.54, 1.807) is 6.92 Å². The van der Waals surface area contributed by atoms with Gasteiger partial charge in [0.1, 0.15) is 0 Å². The van der Waals surface area contributed by atoms with Gasteiger partial charge < -0.3 is 10.4 Å². The highest BCUT2D eigenvalue weighted by molar-refractivity contribution is 7.14. The average Bonchev–Trinajstić information content (AvgIpc) is 2.66. The number of carbonyl (C=O) groups is 2. The minimum atomic E-state index is -0.901. The standard InChI is InChI=1S/C12H17NO3S/c1-4-9-7(2)5-10(17-9)11(14)13-6-8(3)12(15)16/h5,8H,4,6H2,1-3H3,(H,13,14)(H,15,16). The predicted octanol–water partition coefficient (Wildman–Crippen LogP) is 2.07. The van der Waals surface area contributed by atoms with Gasteiger partial charge in [0.2, 0.25) is 0 Å². The Bertz CT molecular complexity index is 425. The Morgan fingerprint density at radius 3 is 2.65 bits per heavy atom. The van der Waals surface area contributed by atoms with E-state index in [1.165, 1.54) is 16.2 Å². The SMILES string of the molecule is CCc1sc(C(=O)NCC(C)C(=O)O)cc1C. The molecule has 0 aliphatic rings. The molecule has 1 aromatic heterocycles. The third-order valence-corrected chi connectivity index (χ3v) is 3.94. The highest BCUT2D eigenvalue weighted by Gasteiger charge is 2.15. The molecule has 2 N–H and O–H groups in total. The number of amides is 1. The average molecular weight is 255 g/mol. The number of thiophene rings is 1. The maximum absolute atomic E-state index is 11.8. The van der Waals surface area contributed by atoms with Crippen molar-refractivity contribution in [2.75, 3.05) is 6.54 Å². The highest BCUT2D eigenvalue weighted by Crippen LogP contribution is 2.22. The molecule has 94 valence electrons. The van der Waals surface area contributed by atoms with Crippen LogP contribution in [0.15, 0.2) is 6.07 Å². The van der Waals surface area contributed by atoms with Crippen molar-refractivity contribution in [3.63, 3.8) is 0 Å². The summed E-state index contributed by atoms with van der Waals surface area (Å²) in [5.41, 5.74) is 1.12. The Balaban J connectivity index is 2.61. The summed E-state index contributed by atoms with van der Waals surface area (Å²) in [5.74, 6) is -1.65. The van der Waals surface area contributed by atoms with Crippen LogP contribution in [0.2, 0.25) is 0 Å². The van der Waals surface area contributed by atoms with E-state index in [0.717, 1.165) is 12.0 Å². The molecule has 0 saturated heterocycles. The molecule has 1 aromatic rings. The molecular formula is C12H17NO3S. The fraction of sp³-hybridized carbons (Fsp3) is 0.500. The molecule has 0 bridgehead atoms. The van der Waals surface area contributed by atoms with Gasteiger partial charge in [-0.05, 0) is 25.0 Å². The molecule has 1 amide bonds. The minimum Gasteiger partial charge on any atom is -0.481 e. The predicted molar refractivity (Wildman–Crippen MR) is 67.6 cm³/mol. The first-order valence-electron chi connectivity index (χ1n) is 5.56. The second-order valence-corrected chi connectivity index (χ2v) is 5.16. The normalized spacial score (nSPS) is 12.2. The second kappa shape index (κ2) is 5.82. The third-order valence-electron chi connectivity index (χ3n) is 2.56. The Hall–Kier alpha value is -1.36. The quantitative estimate of drug-likeness (QED) is 0.846. The van der Waals surface area contributed by atoms with Gasteiger partial charge in [0.15, 0.2) is 0 Å². The lowest BCUT2D eigenvalue weighted by atomic mass is 10.2. The number of nitrogens with one attached hydrogen (secondary N) is 1. The van der Waals surface area contributed by atoms with Gasteiger partial charge in [-0.2, -0.15) is 0 Å². The number of hydrogen-bond acceptors (Lipinski definition) is 3. The molecule has 17 heavy (non-hydrogen) atoms. The van der Waals surface area contributed by atoms with Crippen LogP contribution in [0.25, 0.3) is 0 Å². The van der Waals surface area contributed by atoms with Crippen LogP contribution in [0.1, 0.15) is 34.0 Å². The number of rotatable bonds is 5. The van der Waals surface area contributed by atoms with Gasteiger partial charge in [-0.15, -0.1) is 11.3 Å². The van der Waals surface area contributed by atoms with Gasteiger partial charge in [0, 0.05) is 11.4 Å². The summed E-state index contributed by atoms with van der Waals surface area (Å²) in [6.07, 6.45) is 0.912. The molecule has 0 aliphatic heterocycles. The Morgan fingerprint density at radius 2 is 2.18 bits per heavy atom. The topological polar surface area (TPSA) is 66.4 Å². The monoisotopic (exact) mass is 255 g/mol. The molecule has 1 rings (SSSR count). The van der Waals surface area contributed by atoms with Crippen LogP contribution in [-0.4, -0.2) is 23.5 Å². The van der Waals surface area contributed by atoms with Crippen molar-refractivity contribution < 1.29 is 14.7 Å². The van der Waals surface area contributed by atoms with E-state index < -0.39 is 11.9 Å². The molecule has 0 aliphatic carbocycles. The Kier molecular flexibility index (Phi) is 4.69. The number of carbonyl (C=O) groups excluding carboxylic acids is 1. The Morgan fingerprint density at radius 1 is 1.53 bits per heavy atom. The lowest BCUT2D eigenvalue weighted by molar-refractivity contribution is -0.140. The molecule has 0 radical (unpaired) electrons. The highest BCUT2D eigenvalue weighted by atomic mass is 32.1. The lowest BCUT2D eigenvalue weighted by Gasteiger charge is -2.06. The first-order valence-corrected chi connectivity index (χ1v) is 6.37. The van der Waals surface area contributed by atoms with Crippen molar-refractivity contribution in [3.8, 4) is 0 Å². The summed E-state index contributed by atoms with van der Waals surface area (Å²) in [7, 11) is 0. The molecule has 1 heterocycles. The van der Waals surface area contributed by atoms with Crippen LogP contribution in [0, 0.1) is 12.8 Å². The maximum Gasteiger partial charge on any atom is 0.308 e. The van der Waals surface area contributed by atoms with Crippen molar-refractivity contribution in [1.82, 2.24) is 5.32 Å². The minimum absolute atomic E-state index is 0.159. The lowest BCUT2D eigenvalue weighted by Crippen LogP contribution is -2.30. The molecule has 1 atom stereocenters. The number of aryl methyl sites for hydroxylation is 2. The summed E-state index contributed by atoms with van der Waals surface area (Å²) < 4.78 is 0. The maximum atomic E-state index is 11.8. The molecule has 0 saturated carbocycles. The fourth-order valence-corrected chi connectivity index (χ4v) is 2.43. The number of carboxylic acid groups (broad SMARTS) is 1. The summed E-state index contributed by atoms with van der Waals surface area (Å²) in [6, 6.07) is 1.85. The molecule has 0 aromatic carbocycles. The van der Waals surface area contributed by atoms with E-state index in [9.17, 15) is 9.59 Å². The molecule has 5 heteroatoms. The van der Waals surface area contributed by atoms with Crippen LogP contribution >= 0.6 is 11.3 Å². The Labute approximate surface area is 105 Å². The summed E-state index contributed by atoms with van der Waals surface area (Å²) in [4.78, 5) is 24.2. The van der Waals surface area contributed by atoms with Crippen molar-refractivity contribution in [1.29, 1.82) is 0 Å². The number of aliphatic carboxylic acids is 1. The van der Waals surface area contributed by atoms with Crippen molar-refractivity contribution in [3.05, 3.63) is 21.4 Å². The van der Waals surface area contributed by atoms with Crippen LogP contribution in [0.5, 0.6) is 0 Å². The van der Waals surface area contributed by atoms with E-state index in [0.29, 0.717) is 4.88 Å². The second-order valence-electron chi connectivity index (χ2n) is 4.02. The van der Waals surface area contributed by atoms with Gasteiger partial charge >= 0.3 is 5.97 Å². The van der Waals surface area contributed by atoms with Crippen LogP contribution in [-0.2, 0) is 11.2 Å².